The first-order valence-corrected chi connectivity index (χ1v) is 6.74. The molecule has 1 amide bonds. The van der Waals surface area contributed by atoms with Crippen molar-refractivity contribution in [2.24, 2.45) is 5.73 Å². The van der Waals surface area contributed by atoms with Gasteiger partial charge in [0.25, 0.3) is 5.91 Å². The second-order valence-electron chi connectivity index (χ2n) is 4.49. The molecule has 1 aromatic carbocycles. The van der Waals surface area contributed by atoms with Crippen molar-refractivity contribution in [3.8, 4) is 0 Å². The molecule has 0 atom stereocenters. The fourth-order valence-electron chi connectivity index (χ4n) is 2.03. The molecule has 0 unspecified atom stereocenters. The van der Waals surface area contributed by atoms with E-state index >= 15 is 0 Å². The van der Waals surface area contributed by atoms with Crippen LogP contribution in [0, 0.1) is 0 Å². The third-order valence-corrected chi connectivity index (χ3v) is 3.10. The molecule has 0 aliphatic heterocycles. The fraction of sp³-hybridized carbons (Fsp3) is 0.500. The van der Waals surface area contributed by atoms with Crippen molar-refractivity contribution in [3.63, 3.8) is 0 Å². The standard InChI is InChI=1S/C14H24N4O/c1-3-9-18(4-2)10-8-17-12-7-5-6-11(13(12)15)14(16)19/h5-7,17H,3-4,8-10,15H2,1-2H3,(H2,16,19). The number of hydrogen-bond donors (Lipinski definition) is 3. The Hall–Kier alpha value is -1.75. The summed E-state index contributed by atoms with van der Waals surface area (Å²) in [6.07, 6.45) is 1.15. The Morgan fingerprint density at radius 2 is 2.05 bits per heavy atom. The van der Waals surface area contributed by atoms with Gasteiger partial charge in [0.2, 0.25) is 0 Å². The van der Waals surface area contributed by atoms with Crippen LogP contribution in [0.1, 0.15) is 30.6 Å². The highest BCUT2D eigenvalue weighted by Crippen LogP contribution is 2.21. The second-order valence-corrected chi connectivity index (χ2v) is 4.49. The largest absolute Gasteiger partial charge is 0.396 e. The number of carbonyl (C=O) groups is 1. The number of amides is 1. The lowest BCUT2D eigenvalue weighted by atomic mass is 10.1. The van der Waals surface area contributed by atoms with Crippen molar-refractivity contribution in [1.82, 2.24) is 4.90 Å². The Balaban J connectivity index is 2.58. The van der Waals surface area contributed by atoms with E-state index in [-0.39, 0.29) is 0 Å². The maximum absolute atomic E-state index is 11.2. The molecule has 0 aliphatic rings. The van der Waals surface area contributed by atoms with Gasteiger partial charge in [-0.3, -0.25) is 4.79 Å². The first kappa shape index (κ1) is 15.3. The summed E-state index contributed by atoms with van der Waals surface area (Å²) in [5.41, 5.74) is 12.7. The molecule has 0 spiro atoms. The van der Waals surface area contributed by atoms with E-state index in [0.717, 1.165) is 38.3 Å². The lowest BCUT2D eigenvalue weighted by Gasteiger charge is -2.20. The fourth-order valence-corrected chi connectivity index (χ4v) is 2.03. The van der Waals surface area contributed by atoms with Crippen molar-refractivity contribution in [3.05, 3.63) is 23.8 Å². The van der Waals surface area contributed by atoms with Crippen LogP contribution in [0.15, 0.2) is 18.2 Å². The number of nitrogens with zero attached hydrogens (tertiary/aromatic N) is 1. The van der Waals surface area contributed by atoms with Gasteiger partial charge in [-0.15, -0.1) is 0 Å². The highest BCUT2D eigenvalue weighted by Gasteiger charge is 2.09. The first-order chi connectivity index (χ1) is 9.10. The van der Waals surface area contributed by atoms with Crippen LogP contribution in [0.5, 0.6) is 0 Å². The molecule has 1 aromatic rings. The van der Waals surface area contributed by atoms with E-state index in [1.54, 1.807) is 12.1 Å². The summed E-state index contributed by atoms with van der Waals surface area (Å²) in [5.74, 6) is -0.498. The van der Waals surface area contributed by atoms with Crippen LogP contribution in [0.4, 0.5) is 11.4 Å². The van der Waals surface area contributed by atoms with Gasteiger partial charge >= 0.3 is 0 Å². The van der Waals surface area contributed by atoms with Crippen molar-refractivity contribution in [2.45, 2.75) is 20.3 Å². The minimum absolute atomic E-state index is 0.367. The molecule has 0 radical (unpaired) electrons. The molecule has 0 aromatic heterocycles. The average Bonchev–Trinajstić information content (AvgIpc) is 2.39. The van der Waals surface area contributed by atoms with Gasteiger partial charge in [0.15, 0.2) is 0 Å². The summed E-state index contributed by atoms with van der Waals surface area (Å²) in [7, 11) is 0. The molecule has 0 heterocycles. The van der Waals surface area contributed by atoms with E-state index in [9.17, 15) is 4.79 Å². The number of likely N-dealkylation sites (N-methyl/N-ethyl adjacent to an activating group) is 1. The maximum atomic E-state index is 11.2. The minimum atomic E-state index is -0.498. The Morgan fingerprint density at radius 3 is 2.63 bits per heavy atom. The third kappa shape index (κ3) is 4.44. The quantitative estimate of drug-likeness (QED) is 0.621. The predicted octanol–water partition coefficient (Wildman–Crippen LogP) is 1.51. The minimum Gasteiger partial charge on any atom is -0.396 e. The number of nitrogen functional groups attached to an aromatic ring is 1. The topological polar surface area (TPSA) is 84.4 Å². The normalized spacial score (nSPS) is 10.7. The molecule has 5 N–H and O–H groups in total. The number of primary amides is 1. The van der Waals surface area contributed by atoms with E-state index in [0.29, 0.717) is 11.3 Å². The molecule has 0 saturated heterocycles. The lowest BCUT2D eigenvalue weighted by molar-refractivity contribution is 0.100. The van der Waals surface area contributed by atoms with Gasteiger partial charge in [-0.2, -0.15) is 0 Å². The van der Waals surface area contributed by atoms with E-state index in [2.05, 4.69) is 24.1 Å². The molecule has 5 heteroatoms. The number of hydrogen-bond acceptors (Lipinski definition) is 4. The van der Waals surface area contributed by atoms with Crippen molar-refractivity contribution in [2.75, 3.05) is 37.2 Å². The van der Waals surface area contributed by atoms with Crippen LogP contribution in [0.2, 0.25) is 0 Å². The van der Waals surface area contributed by atoms with Crippen molar-refractivity contribution >= 4 is 17.3 Å². The molecule has 19 heavy (non-hydrogen) atoms. The summed E-state index contributed by atoms with van der Waals surface area (Å²) in [6.45, 7) is 8.19. The van der Waals surface area contributed by atoms with Gasteiger partial charge in [0.1, 0.15) is 0 Å². The van der Waals surface area contributed by atoms with Gasteiger partial charge in [-0.1, -0.05) is 19.9 Å². The first-order valence-electron chi connectivity index (χ1n) is 6.74. The summed E-state index contributed by atoms with van der Waals surface area (Å²) < 4.78 is 0. The highest BCUT2D eigenvalue weighted by molar-refractivity contribution is 6.00. The van der Waals surface area contributed by atoms with Gasteiger partial charge in [-0.25, -0.2) is 0 Å². The maximum Gasteiger partial charge on any atom is 0.250 e. The Labute approximate surface area is 115 Å². The molecule has 5 nitrogen and oxygen atoms in total. The van der Waals surface area contributed by atoms with E-state index in [1.165, 1.54) is 0 Å². The lowest BCUT2D eigenvalue weighted by Crippen LogP contribution is -2.29. The molecular weight excluding hydrogens is 240 g/mol. The Morgan fingerprint density at radius 1 is 1.32 bits per heavy atom. The molecule has 0 saturated carbocycles. The average molecular weight is 264 g/mol. The number of nitrogens with two attached hydrogens (primary N) is 2. The number of carbonyl (C=O) groups excluding carboxylic acids is 1. The van der Waals surface area contributed by atoms with E-state index in [4.69, 9.17) is 11.5 Å². The van der Waals surface area contributed by atoms with Crippen molar-refractivity contribution < 1.29 is 4.79 Å². The van der Waals surface area contributed by atoms with E-state index < -0.39 is 5.91 Å². The summed E-state index contributed by atoms with van der Waals surface area (Å²) in [6, 6.07) is 5.28. The summed E-state index contributed by atoms with van der Waals surface area (Å²) in [5, 5.41) is 3.26. The Bertz CT molecular complexity index is 420. The van der Waals surface area contributed by atoms with Crippen LogP contribution in [0.3, 0.4) is 0 Å². The van der Waals surface area contributed by atoms with Gasteiger partial charge in [0, 0.05) is 13.1 Å². The smallest absolute Gasteiger partial charge is 0.250 e. The predicted molar refractivity (Wildman–Crippen MR) is 80.3 cm³/mol. The van der Waals surface area contributed by atoms with Gasteiger partial charge < -0.3 is 21.7 Å². The Kier molecular flexibility index (Phi) is 6.15. The second kappa shape index (κ2) is 7.63. The zero-order chi connectivity index (χ0) is 14.3. The highest BCUT2D eigenvalue weighted by atomic mass is 16.1. The third-order valence-electron chi connectivity index (χ3n) is 3.10. The number of anilines is 2. The SMILES string of the molecule is CCCN(CC)CCNc1cccc(C(N)=O)c1N. The van der Waals surface area contributed by atoms with Crippen LogP contribution in [0.25, 0.3) is 0 Å². The monoisotopic (exact) mass is 264 g/mol. The van der Waals surface area contributed by atoms with Gasteiger partial charge in [-0.05, 0) is 31.6 Å². The molecule has 0 aliphatic carbocycles. The molecule has 1 rings (SSSR count). The molecule has 0 bridgehead atoms. The van der Waals surface area contributed by atoms with Crippen LogP contribution in [-0.2, 0) is 0 Å². The van der Waals surface area contributed by atoms with Crippen LogP contribution in [-0.4, -0.2) is 37.0 Å². The number of rotatable bonds is 8. The van der Waals surface area contributed by atoms with Crippen LogP contribution < -0.4 is 16.8 Å². The van der Waals surface area contributed by atoms with E-state index in [1.807, 2.05) is 6.07 Å². The van der Waals surface area contributed by atoms with Gasteiger partial charge in [0.05, 0.1) is 16.9 Å². The number of para-hydroxylation sites is 1. The number of nitrogens with one attached hydrogen (secondary N) is 1. The summed E-state index contributed by atoms with van der Waals surface area (Å²) in [4.78, 5) is 13.6. The summed E-state index contributed by atoms with van der Waals surface area (Å²) >= 11 is 0. The molecule has 106 valence electrons. The van der Waals surface area contributed by atoms with Crippen molar-refractivity contribution in [1.29, 1.82) is 0 Å². The number of benzene rings is 1. The molecular formula is C14H24N4O. The zero-order valence-electron chi connectivity index (χ0n) is 11.8. The van der Waals surface area contributed by atoms with Crippen LogP contribution >= 0.6 is 0 Å². The zero-order valence-corrected chi connectivity index (χ0v) is 11.8. The molecule has 0 fully saturated rings.